The quantitative estimate of drug-likeness (QED) is 0.634. The lowest BCUT2D eigenvalue weighted by Gasteiger charge is -2.12. The SMILES string of the molecule is NC(=S)c1ccc(Br)cc1Nc1cc(F)c(F)c(F)c1. The third kappa shape index (κ3) is 3.10. The zero-order valence-corrected chi connectivity index (χ0v) is 12.3. The van der Waals surface area contributed by atoms with Crippen LogP contribution in [0.1, 0.15) is 5.56 Å². The second-order valence-corrected chi connectivity index (χ2v) is 5.29. The van der Waals surface area contributed by atoms with E-state index in [0.717, 1.165) is 16.6 Å². The van der Waals surface area contributed by atoms with Crippen LogP contribution in [0.5, 0.6) is 0 Å². The van der Waals surface area contributed by atoms with Gasteiger partial charge in [-0.15, -0.1) is 0 Å². The summed E-state index contributed by atoms with van der Waals surface area (Å²) in [5, 5.41) is 2.76. The fourth-order valence-electron chi connectivity index (χ4n) is 1.62. The average Bonchev–Trinajstić information content (AvgIpc) is 2.35. The highest BCUT2D eigenvalue weighted by Crippen LogP contribution is 2.26. The fraction of sp³-hybridized carbons (Fsp3) is 0. The van der Waals surface area contributed by atoms with Gasteiger partial charge in [0, 0.05) is 33.5 Å². The monoisotopic (exact) mass is 360 g/mol. The van der Waals surface area contributed by atoms with E-state index in [-0.39, 0.29) is 10.7 Å². The van der Waals surface area contributed by atoms with E-state index in [1.54, 1.807) is 18.2 Å². The Kier molecular flexibility index (Phi) is 4.29. The molecule has 0 atom stereocenters. The van der Waals surface area contributed by atoms with Crippen molar-refractivity contribution in [2.24, 2.45) is 5.73 Å². The molecular weight excluding hydrogens is 353 g/mol. The van der Waals surface area contributed by atoms with Gasteiger partial charge in [0.15, 0.2) is 17.5 Å². The molecule has 0 aromatic heterocycles. The third-order valence-electron chi connectivity index (χ3n) is 2.51. The summed E-state index contributed by atoms with van der Waals surface area (Å²) in [5.41, 5.74) is 6.59. The van der Waals surface area contributed by atoms with E-state index in [0.29, 0.717) is 11.3 Å². The lowest BCUT2D eigenvalue weighted by Crippen LogP contribution is -2.12. The van der Waals surface area contributed by atoms with Crippen LogP contribution in [-0.2, 0) is 0 Å². The zero-order chi connectivity index (χ0) is 14.9. The molecule has 7 heteroatoms. The van der Waals surface area contributed by atoms with Crippen LogP contribution in [-0.4, -0.2) is 4.99 Å². The van der Waals surface area contributed by atoms with E-state index in [1.165, 1.54) is 0 Å². The first-order valence-electron chi connectivity index (χ1n) is 5.39. The number of nitrogens with one attached hydrogen (secondary N) is 1. The normalized spacial score (nSPS) is 10.4. The Morgan fingerprint density at radius 3 is 2.25 bits per heavy atom. The molecule has 2 rings (SSSR count). The van der Waals surface area contributed by atoms with Crippen LogP contribution in [0.3, 0.4) is 0 Å². The molecule has 0 aliphatic carbocycles. The number of hydrogen-bond acceptors (Lipinski definition) is 2. The van der Waals surface area contributed by atoms with Crippen LogP contribution >= 0.6 is 28.1 Å². The van der Waals surface area contributed by atoms with Crippen LogP contribution in [0.2, 0.25) is 0 Å². The Labute approximate surface area is 126 Å². The molecule has 104 valence electrons. The highest BCUT2D eigenvalue weighted by molar-refractivity contribution is 9.10. The molecule has 0 aliphatic rings. The van der Waals surface area contributed by atoms with Gasteiger partial charge in [0.05, 0.1) is 0 Å². The number of nitrogens with two attached hydrogens (primary N) is 1. The molecule has 0 radical (unpaired) electrons. The van der Waals surface area contributed by atoms with E-state index in [1.807, 2.05) is 0 Å². The summed E-state index contributed by atoms with van der Waals surface area (Å²) in [4.78, 5) is 0.128. The smallest absolute Gasteiger partial charge is 0.194 e. The van der Waals surface area contributed by atoms with Crippen LogP contribution in [0.15, 0.2) is 34.8 Å². The molecule has 3 N–H and O–H groups in total. The summed E-state index contributed by atoms with van der Waals surface area (Å²) in [6, 6.07) is 6.73. The van der Waals surface area contributed by atoms with Gasteiger partial charge in [-0.25, -0.2) is 13.2 Å². The van der Waals surface area contributed by atoms with Crippen molar-refractivity contribution in [2.75, 3.05) is 5.32 Å². The topological polar surface area (TPSA) is 38.0 Å². The summed E-state index contributed by atoms with van der Waals surface area (Å²) in [5.74, 6) is -4.07. The Hall–Kier alpha value is -1.60. The van der Waals surface area contributed by atoms with E-state index in [2.05, 4.69) is 21.2 Å². The lowest BCUT2D eigenvalue weighted by molar-refractivity contribution is 0.448. The average molecular weight is 361 g/mol. The van der Waals surface area contributed by atoms with Gasteiger partial charge >= 0.3 is 0 Å². The molecule has 0 heterocycles. The number of anilines is 2. The highest BCUT2D eigenvalue weighted by atomic mass is 79.9. The van der Waals surface area contributed by atoms with Crippen molar-refractivity contribution in [3.05, 3.63) is 57.8 Å². The van der Waals surface area contributed by atoms with Gasteiger partial charge in [-0.2, -0.15) is 0 Å². The number of benzene rings is 2. The van der Waals surface area contributed by atoms with E-state index < -0.39 is 17.5 Å². The molecule has 0 amide bonds. The standard InChI is InChI=1S/C13H8BrF3N2S/c14-6-1-2-8(13(18)20)11(3-6)19-7-4-9(15)12(17)10(16)5-7/h1-5,19H,(H2,18,20). The number of hydrogen-bond donors (Lipinski definition) is 2. The van der Waals surface area contributed by atoms with Crippen molar-refractivity contribution >= 4 is 44.5 Å². The van der Waals surface area contributed by atoms with Crippen LogP contribution in [0.4, 0.5) is 24.5 Å². The minimum atomic E-state index is -1.51. The molecule has 0 unspecified atom stereocenters. The van der Waals surface area contributed by atoms with Crippen molar-refractivity contribution in [1.29, 1.82) is 0 Å². The Morgan fingerprint density at radius 2 is 1.70 bits per heavy atom. The molecule has 2 aromatic carbocycles. The minimum absolute atomic E-state index is 0.0528. The van der Waals surface area contributed by atoms with Gasteiger partial charge in [0.1, 0.15) is 4.99 Å². The van der Waals surface area contributed by atoms with Gasteiger partial charge in [0.25, 0.3) is 0 Å². The molecule has 2 nitrogen and oxygen atoms in total. The summed E-state index contributed by atoms with van der Waals surface area (Å²) in [6.07, 6.45) is 0. The maximum Gasteiger partial charge on any atom is 0.194 e. The molecule has 20 heavy (non-hydrogen) atoms. The molecule has 0 aliphatic heterocycles. The first-order chi connectivity index (χ1) is 9.38. The maximum atomic E-state index is 13.2. The van der Waals surface area contributed by atoms with Crippen LogP contribution in [0, 0.1) is 17.5 Å². The summed E-state index contributed by atoms with van der Waals surface area (Å²) < 4.78 is 40.0. The Morgan fingerprint density at radius 1 is 1.10 bits per heavy atom. The van der Waals surface area contributed by atoms with Crippen LogP contribution < -0.4 is 11.1 Å². The number of halogens is 4. The second kappa shape index (κ2) is 5.80. The first kappa shape index (κ1) is 14.8. The summed E-state index contributed by atoms with van der Waals surface area (Å²) >= 11 is 8.16. The Bertz CT molecular complexity index is 668. The molecule has 0 spiro atoms. The van der Waals surface area contributed by atoms with Crippen molar-refractivity contribution in [3.63, 3.8) is 0 Å². The lowest BCUT2D eigenvalue weighted by atomic mass is 10.1. The molecule has 0 saturated heterocycles. The van der Waals surface area contributed by atoms with Crippen molar-refractivity contribution in [1.82, 2.24) is 0 Å². The summed E-state index contributed by atoms with van der Waals surface area (Å²) in [6.45, 7) is 0. The maximum absolute atomic E-state index is 13.2. The summed E-state index contributed by atoms with van der Waals surface area (Å²) in [7, 11) is 0. The van der Waals surface area contributed by atoms with Crippen molar-refractivity contribution in [2.45, 2.75) is 0 Å². The van der Waals surface area contributed by atoms with Crippen molar-refractivity contribution in [3.8, 4) is 0 Å². The third-order valence-corrected chi connectivity index (χ3v) is 3.22. The van der Waals surface area contributed by atoms with Gasteiger partial charge in [0.2, 0.25) is 0 Å². The van der Waals surface area contributed by atoms with Gasteiger partial charge < -0.3 is 11.1 Å². The minimum Gasteiger partial charge on any atom is -0.389 e. The highest BCUT2D eigenvalue weighted by Gasteiger charge is 2.12. The van der Waals surface area contributed by atoms with Gasteiger partial charge in [-0.05, 0) is 18.2 Å². The molecular formula is C13H8BrF3N2S. The molecule has 0 saturated carbocycles. The van der Waals surface area contributed by atoms with Crippen LogP contribution in [0.25, 0.3) is 0 Å². The van der Waals surface area contributed by atoms with E-state index >= 15 is 0 Å². The number of thiocarbonyl (C=S) groups is 1. The molecule has 0 bridgehead atoms. The molecule has 2 aromatic rings. The van der Waals surface area contributed by atoms with Gasteiger partial charge in [-0.3, -0.25) is 0 Å². The fourth-order valence-corrected chi connectivity index (χ4v) is 2.16. The molecule has 0 fully saturated rings. The van der Waals surface area contributed by atoms with E-state index in [9.17, 15) is 13.2 Å². The Balaban J connectivity index is 2.44. The van der Waals surface area contributed by atoms with E-state index in [4.69, 9.17) is 18.0 Å². The predicted molar refractivity (Wildman–Crippen MR) is 79.6 cm³/mol. The largest absolute Gasteiger partial charge is 0.389 e. The second-order valence-electron chi connectivity index (χ2n) is 3.93. The first-order valence-corrected chi connectivity index (χ1v) is 6.59. The van der Waals surface area contributed by atoms with Crippen molar-refractivity contribution < 1.29 is 13.2 Å². The van der Waals surface area contributed by atoms with Gasteiger partial charge in [-0.1, -0.05) is 28.1 Å². The zero-order valence-electron chi connectivity index (χ0n) is 9.88. The number of rotatable bonds is 3. The predicted octanol–water partition coefficient (Wildman–Crippen LogP) is 4.24.